The summed E-state index contributed by atoms with van der Waals surface area (Å²) in [5.74, 6) is 1.50. The Bertz CT molecular complexity index is 643. The molecule has 128 valence electrons. The number of nitrogens with one attached hydrogen (secondary N) is 2. The zero-order valence-corrected chi connectivity index (χ0v) is 14.2. The maximum absolute atomic E-state index is 5.36. The van der Waals surface area contributed by atoms with Crippen molar-refractivity contribution in [3.05, 3.63) is 47.7 Å². The van der Waals surface area contributed by atoms with E-state index in [0.29, 0.717) is 5.95 Å². The quantitative estimate of drug-likeness (QED) is 0.812. The first kappa shape index (κ1) is 16.7. The Morgan fingerprint density at radius 2 is 1.96 bits per heavy atom. The number of rotatable bonds is 7. The van der Waals surface area contributed by atoms with Gasteiger partial charge in [0.25, 0.3) is 0 Å². The molecule has 1 aromatic heterocycles. The third-order valence-electron chi connectivity index (χ3n) is 4.19. The Hall–Kier alpha value is -2.18. The van der Waals surface area contributed by atoms with Gasteiger partial charge >= 0.3 is 0 Å². The SMILES string of the molecule is Cc1ccccc1CNc1nccc(NCCN2CCOCC2)n1. The summed E-state index contributed by atoms with van der Waals surface area (Å²) < 4.78 is 5.36. The van der Waals surface area contributed by atoms with E-state index in [-0.39, 0.29) is 0 Å². The number of aromatic nitrogens is 2. The second-order valence-electron chi connectivity index (χ2n) is 5.93. The summed E-state index contributed by atoms with van der Waals surface area (Å²) in [4.78, 5) is 11.2. The summed E-state index contributed by atoms with van der Waals surface area (Å²) in [5, 5.41) is 6.66. The summed E-state index contributed by atoms with van der Waals surface area (Å²) >= 11 is 0. The predicted octanol–water partition coefficient (Wildman–Crippen LogP) is 2.14. The summed E-state index contributed by atoms with van der Waals surface area (Å²) in [6.07, 6.45) is 1.78. The first-order valence-corrected chi connectivity index (χ1v) is 8.47. The highest BCUT2D eigenvalue weighted by atomic mass is 16.5. The van der Waals surface area contributed by atoms with Gasteiger partial charge in [0.2, 0.25) is 5.95 Å². The monoisotopic (exact) mass is 327 g/mol. The predicted molar refractivity (Wildman–Crippen MR) is 96.3 cm³/mol. The van der Waals surface area contributed by atoms with Crippen molar-refractivity contribution in [1.29, 1.82) is 0 Å². The molecule has 3 rings (SSSR count). The largest absolute Gasteiger partial charge is 0.379 e. The maximum atomic E-state index is 5.36. The molecule has 0 amide bonds. The highest BCUT2D eigenvalue weighted by Crippen LogP contribution is 2.10. The standard InChI is InChI=1S/C18H25N5O/c1-15-4-2-3-5-16(15)14-21-18-20-7-6-17(22-18)19-8-9-23-10-12-24-13-11-23/h2-7H,8-14H2,1H3,(H2,19,20,21,22). The van der Waals surface area contributed by atoms with E-state index in [1.54, 1.807) is 6.20 Å². The molecule has 0 atom stereocenters. The topological polar surface area (TPSA) is 62.3 Å². The molecule has 0 aliphatic carbocycles. The Morgan fingerprint density at radius 1 is 1.12 bits per heavy atom. The molecule has 2 heterocycles. The van der Waals surface area contributed by atoms with Gasteiger partial charge in [0.05, 0.1) is 13.2 Å². The minimum Gasteiger partial charge on any atom is -0.379 e. The van der Waals surface area contributed by atoms with Gasteiger partial charge in [0.15, 0.2) is 0 Å². The normalized spacial score (nSPS) is 15.2. The number of aryl methyl sites for hydroxylation is 1. The van der Waals surface area contributed by atoms with Crippen LogP contribution in [-0.2, 0) is 11.3 Å². The molecule has 1 aromatic carbocycles. The molecule has 0 spiro atoms. The number of hydrogen-bond donors (Lipinski definition) is 2. The molecule has 1 aliphatic rings. The van der Waals surface area contributed by atoms with E-state index in [4.69, 9.17) is 4.74 Å². The van der Waals surface area contributed by atoms with Crippen LogP contribution < -0.4 is 10.6 Å². The van der Waals surface area contributed by atoms with E-state index in [9.17, 15) is 0 Å². The number of ether oxygens (including phenoxy) is 1. The smallest absolute Gasteiger partial charge is 0.224 e. The van der Waals surface area contributed by atoms with Crippen molar-refractivity contribution < 1.29 is 4.74 Å². The van der Waals surface area contributed by atoms with Crippen molar-refractivity contribution in [3.8, 4) is 0 Å². The molecule has 0 unspecified atom stereocenters. The van der Waals surface area contributed by atoms with Crippen LogP contribution in [0, 0.1) is 6.92 Å². The van der Waals surface area contributed by atoms with Gasteiger partial charge in [-0.15, -0.1) is 0 Å². The average molecular weight is 327 g/mol. The van der Waals surface area contributed by atoms with Gasteiger partial charge in [-0.2, -0.15) is 4.98 Å². The fraction of sp³-hybridized carbons (Fsp3) is 0.444. The number of benzene rings is 1. The molecule has 1 aliphatic heterocycles. The Labute approximate surface area is 143 Å². The molecule has 2 N–H and O–H groups in total. The maximum Gasteiger partial charge on any atom is 0.224 e. The minimum absolute atomic E-state index is 0.648. The van der Waals surface area contributed by atoms with Crippen molar-refractivity contribution in [2.75, 3.05) is 50.0 Å². The van der Waals surface area contributed by atoms with E-state index < -0.39 is 0 Å². The van der Waals surface area contributed by atoms with Crippen LogP contribution in [0.4, 0.5) is 11.8 Å². The van der Waals surface area contributed by atoms with E-state index in [2.05, 4.69) is 50.6 Å². The lowest BCUT2D eigenvalue weighted by atomic mass is 10.1. The Kier molecular flexibility index (Phi) is 5.98. The fourth-order valence-corrected chi connectivity index (χ4v) is 2.69. The molecule has 1 fully saturated rings. The molecule has 0 saturated carbocycles. The van der Waals surface area contributed by atoms with Crippen LogP contribution in [0.2, 0.25) is 0 Å². The third-order valence-corrected chi connectivity index (χ3v) is 4.19. The Balaban J connectivity index is 1.47. The molecule has 6 nitrogen and oxygen atoms in total. The first-order valence-electron chi connectivity index (χ1n) is 8.47. The summed E-state index contributed by atoms with van der Waals surface area (Å²) in [6.45, 7) is 8.39. The molecular formula is C18H25N5O. The van der Waals surface area contributed by atoms with Gasteiger partial charge in [-0.3, -0.25) is 4.90 Å². The van der Waals surface area contributed by atoms with Crippen molar-refractivity contribution in [3.63, 3.8) is 0 Å². The second kappa shape index (κ2) is 8.61. The Morgan fingerprint density at radius 3 is 2.79 bits per heavy atom. The molecule has 6 heteroatoms. The van der Waals surface area contributed by atoms with E-state index in [1.165, 1.54) is 11.1 Å². The lowest BCUT2D eigenvalue weighted by Crippen LogP contribution is -2.39. The van der Waals surface area contributed by atoms with Crippen LogP contribution in [0.15, 0.2) is 36.5 Å². The number of hydrogen-bond acceptors (Lipinski definition) is 6. The highest BCUT2D eigenvalue weighted by molar-refractivity contribution is 5.40. The molecule has 1 saturated heterocycles. The highest BCUT2D eigenvalue weighted by Gasteiger charge is 2.09. The van der Waals surface area contributed by atoms with Crippen molar-refractivity contribution in [2.45, 2.75) is 13.5 Å². The van der Waals surface area contributed by atoms with Gasteiger partial charge < -0.3 is 15.4 Å². The second-order valence-corrected chi connectivity index (χ2v) is 5.93. The summed E-state index contributed by atoms with van der Waals surface area (Å²) in [5.41, 5.74) is 2.52. The molecule has 24 heavy (non-hydrogen) atoms. The molecule has 0 radical (unpaired) electrons. The van der Waals surface area contributed by atoms with Crippen LogP contribution in [0.5, 0.6) is 0 Å². The zero-order chi connectivity index (χ0) is 16.6. The van der Waals surface area contributed by atoms with Crippen LogP contribution in [0.1, 0.15) is 11.1 Å². The summed E-state index contributed by atoms with van der Waals surface area (Å²) in [7, 11) is 0. The van der Waals surface area contributed by atoms with Gasteiger partial charge in [0.1, 0.15) is 5.82 Å². The van der Waals surface area contributed by atoms with Gasteiger partial charge in [0, 0.05) is 38.9 Å². The zero-order valence-electron chi connectivity index (χ0n) is 14.2. The lowest BCUT2D eigenvalue weighted by molar-refractivity contribution is 0.0398. The van der Waals surface area contributed by atoms with Crippen LogP contribution in [0.25, 0.3) is 0 Å². The number of morpholine rings is 1. The van der Waals surface area contributed by atoms with Crippen LogP contribution in [-0.4, -0.2) is 54.3 Å². The van der Waals surface area contributed by atoms with Gasteiger partial charge in [-0.25, -0.2) is 4.98 Å². The van der Waals surface area contributed by atoms with Crippen molar-refractivity contribution in [2.24, 2.45) is 0 Å². The van der Waals surface area contributed by atoms with E-state index in [0.717, 1.165) is 51.8 Å². The fourth-order valence-electron chi connectivity index (χ4n) is 2.69. The van der Waals surface area contributed by atoms with Crippen molar-refractivity contribution >= 4 is 11.8 Å². The van der Waals surface area contributed by atoms with Crippen LogP contribution in [0.3, 0.4) is 0 Å². The van der Waals surface area contributed by atoms with E-state index >= 15 is 0 Å². The molecular weight excluding hydrogens is 302 g/mol. The minimum atomic E-state index is 0.648. The van der Waals surface area contributed by atoms with Crippen LogP contribution >= 0.6 is 0 Å². The molecule has 0 bridgehead atoms. The third kappa shape index (κ3) is 4.91. The number of nitrogens with zero attached hydrogens (tertiary/aromatic N) is 3. The molecule has 2 aromatic rings. The van der Waals surface area contributed by atoms with Gasteiger partial charge in [-0.05, 0) is 24.1 Å². The number of anilines is 2. The average Bonchev–Trinajstić information content (AvgIpc) is 2.62. The summed E-state index contributed by atoms with van der Waals surface area (Å²) in [6, 6.07) is 10.2. The first-order chi connectivity index (χ1) is 11.8. The van der Waals surface area contributed by atoms with E-state index in [1.807, 2.05) is 12.1 Å². The van der Waals surface area contributed by atoms with Gasteiger partial charge in [-0.1, -0.05) is 24.3 Å². The van der Waals surface area contributed by atoms with Crippen molar-refractivity contribution in [1.82, 2.24) is 14.9 Å². The lowest BCUT2D eigenvalue weighted by Gasteiger charge is -2.26.